The Kier molecular flexibility index (Phi) is 2.72. The summed E-state index contributed by atoms with van der Waals surface area (Å²) in [5.74, 6) is 0.663. The van der Waals surface area contributed by atoms with Crippen molar-refractivity contribution in [2.45, 2.75) is 5.25 Å². The van der Waals surface area contributed by atoms with E-state index in [1.54, 1.807) is 23.9 Å². The number of halogens is 1. The van der Waals surface area contributed by atoms with Crippen molar-refractivity contribution in [3.05, 3.63) is 35.6 Å². The maximum Gasteiger partial charge on any atom is 0.237 e. The molecule has 0 aromatic heterocycles. The molecule has 1 aromatic rings. The summed E-state index contributed by atoms with van der Waals surface area (Å²) < 4.78 is 12.6. The van der Waals surface area contributed by atoms with Gasteiger partial charge in [0.15, 0.2) is 0 Å². The van der Waals surface area contributed by atoms with Crippen LogP contribution < -0.4 is 5.32 Å². The fourth-order valence-electron chi connectivity index (χ4n) is 1.40. The van der Waals surface area contributed by atoms with E-state index in [1.807, 2.05) is 0 Å². The van der Waals surface area contributed by atoms with Gasteiger partial charge in [-0.1, -0.05) is 12.1 Å². The zero-order chi connectivity index (χ0) is 9.97. The molecule has 1 saturated heterocycles. The summed E-state index contributed by atoms with van der Waals surface area (Å²) in [5.41, 5.74) is 0.869. The summed E-state index contributed by atoms with van der Waals surface area (Å²) in [5, 5.41) is 2.62. The summed E-state index contributed by atoms with van der Waals surface area (Å²) in [6.45, 7) is 0.723. The van der Waals surface area contributed by atoms with Crippen LogP contribution >= 0.6 is 11.8 Å². The van der Waals surface area contributed by atoms with Gasteiger partial charge in [0, 0.05) is 12.3 Å². The van der Waals surface area contributed by atoms with Crippen molar-refractivity contribution in [1.82, 2.24) is 5.32 Å². The second-order valence-corrected chi connectivity index (χ2v) is 4.31. The van der Waals surface area contributed by atoms with Gasteiger partial charge < -0.3 is 5.32 Å². The number of benzene rings is 1. The summed E-state index contributed by atoms with van der Waals surface area (Å²) in [4.78, 5) is 11.5. The molecule has 1 aliphatic heterocycles. The van der Waals surface area contributed by atoms with Crippen molar-refractivity contribution in [3.63, 3.8) is 0 Å². The largest absolute Gasteiger partial charge is 0.354 e. The maximum absolute atomic E-state index is 12.6. The minimum absolute atomic E-state index is 0.0212. The lowest BCUT2D eigenvalue weighted by Crippen LogP contribution is -2.34. The van der Waals surface area contributed by atoms with Gasteiger partial charge >= 0.3 is 0 Å². The SMILES string of the molecule is O=C1NCCS[C@H]1c1ccc(F)cc1. The molecule has 0 aliphatic carbocycles. The van der Waals surface area contributed by atoms with Crippen LogP contribution in [-0.4, -0.2) is 18.2 Å². The molecule has 1 fully saturated rings. The molecule has 14 heavy (non-hydrogen) atoms. The average Bonchev–Trinajstić information content (AvgIpc) is 2.20. The highest BCUT2D eigenvalue weighted by molar-refractivity contribution is 8.00. The first-order chi connectivity index (χ1) is 6.77. The molecule has 0 saturated carbocycles. The molecule has 0 bridgehead atoms. The lowest BCUT2D eigenvalue weighted by atomic mass is 10.1. The molecule has 1 aromatic carbocycles. The first-order valence-corrected chi connectivity index (χ1v) is 5.47. The third-order valence-electron chi connectivity index (χ3n) is 2.10. The zero-order valence-electron chi connectivity index (χ0n) is 7.50. The lowest BCUT2D eigenvalue weighted by molar-refractivity contribution is -0.120. The molecule has 1 atom stereocenters. The number of carbonyl (C=O) groups is 1. The van der Waals surface area contributed by atoms with Crippen molar-refractivity contribution in [2.75, 3.05) is 12.3 Å². The molecular weight excluding hydrogens is 201 g/mol. The molecule has 0 unspecified atom stereocenters. The van der Waals surface area contributed by atoms with Crippen LogP contribution in [0.25, 0.3) is 0 Å². The van der Waals surface area contributed by atoms with E-state index >= 15 is 0 Å². The highest BCUT2D eigenvalue weighted by Crippen LogP contribution is 2.30. The van der Waals surface area contributed by atoms with Crippen molar-refractivity contribution >= 4 is 17.7 Å². The van der Waals surface area contributed by atoms with E-state index in [1.165, 1.54) is 12.1 Å². The molecule has 1 aliphatic rings. The standard InChI is InChI=1S/C10H10FNOS/c11-8-3-1-7(2-4-8)9-10(13)12-5-6-14-9/h1-4,9H,5-6H2,(H,12,13)/t9-/m0/s1. The normalized spacial score (nSPS) is 21.8. The minimum atomic E-state index is -0.269. The number of amides is 1. The summed E-state index contributed by atoms with van der Waals surface area (Å²) >= 11 is 1.60. The first-order valence-electron chi connectivity index (χ1n) is 4.42. The minimum Gasteiger partial charge on any atom is -0.354 e. The van der Waals surface area contributed by atoms with Gasteiger partial charge in [0.2, 0.25) is 5.91 Å². The van der Waals surface area contributed by atoms with Gasteiger partial charge in [0.05, 0.1) is 0 Å². The third kappa shape index (κ3) is 1.90. The number of rotatable bonds is 1. The molecule has 0 spiro atoms. The quantitative estimate of drug-likeness (QED) is 0.766. The highest BCUT2D eigenvalue weighted by Gasteiger charge is 2.23. The van der Waals surface area contributed by atoms with Gasteiger partial charge in [0.1, 0.15) is 11.1 Å². The fourth-order valence-corrected chi connectivity index (χ4v) is 2.44. The van der Waals surface area contributed by atoms with E-state index in [-0.39, 0.29) is 17.0 Å². The molecule has 1 N–H and O–H groups in total. The van der Waals surface area contributed by atoms with Crippen LogP contribution in [-0.2, 0) is 4.79 Å². The second kappa shape index (κ2) is 4.00. The van der Waals surface area contributed by atoms with E-state index in [2.05, 4.69) is 5.32 Å². The van der Waals surface area contributed by atoms with Crippen molar-refractivity contribution in [2.24, 2.45) is 0 Å². The Morgan fingerprint density at radius 3 is 2.71 bits per heavy atom. The Balaban J connectivity index is 2.20. The van der Waals surface area contributed by atoms with Crippen LogP contribution in [0.15, 0.2) is 24.3 Å². The van der Waals surface area contributed by atoms with Crippen LogP contribution in [0.4, 0.5) is 4.39 Å². The van der Waals surface area contributed by atoms with E-state index in [9.17, 15) is 9.18 Å². The Labute approximate surface area is 85.9 Å². The predicted octanol–water partition coefficient (Wildman–Crippen LogP) is 1.73. The molecule has 2 nitrogen and oxygen atoms in total. The van der Waals surface area contributed by atoms with E-state index in [0.29, 0.717) is 0 Å². The number of nitrogens with one attached hydrogen (secondary N) is 1. The van der Waals surface area contributed by atoms with E-state index < -0.39 is 0 Å². The maximum atomic E-state index is 12.6. The van der Waals surface area contributed by atoms with Crippen LogP contribution in [0.5, 0.6) is 0 Å². The monoisotopic (exact) mass is 211 g/mol. The Morgan fingerprint density at radius 1 is 1.36 bits per heavy atom. The van der Waals surface area contributed by atoms with Crippen molar-refractivity contribution in [1.29, 1.82) is 0 Å². The Hall–Kier alpha value is -1.03. The molecule has 74 valence electrons. The Morgan fingerprint density at radius 2 is 2.07 bits per heavy atom. The van der Waals surface area contributed by atoms with Gasteiger partial charge in [-0.15, -0.1) is 11.8 Å². The molecule has 4 heteroatoms. The highest BCUT2D eigenvalue weighted by atomic mass is 32.2. The number of carbonyl (C=O) groups excluding carboxylic acids is 1. The molecule has 2 rings (SSSR count). The molecule has 0 radical (unpaired) electrons. The topological polar surface area (TPSA) is 29.1 Å². The number of thioether (sulfide) groups is 1. The number of hydrogen-bond donors (Lipinski definition) is 1. The van der Waals surface area contributed by atoms with Gasteiger partial charge in [-0.2, -0.15) is 0 Å². The van der Waals surface area contributed by atoms with E-state index in [4.69, 9.17) is 0 Å². The van der Waals surface area contributed by atoms with Crippen LogP contribution in [0.1, 0.15) is 10.8 Å². The smallest absolute Gasteiger partial charge is 0.237 e. The second-order valence-electron chi connectivity index (χ2n) is 3.09. The van der Waals surface area contributed by atoms with Gasteiger partial charge in [0.25, 0.3) is 0 Å². The Bertz CT molecular complexity index is 338. The fraction of sp³-hybridized carbons (Fsp3) is 0.300. The first kappa shape index (κ1) is 9.52. The summed E-state index contributed by atoms with van der Waals surface area (Å²) in [6.07, 6.45) is 0. The van der Waals surface area contributed by atoms with Gasteiger partial charge in [-0.05, 0) is 17.7 Å². The molecule has 1 amide bonds. The van der Waals surface area contributed by atoms with Gasteiger partial charge in [-0.3, -0.25) is 4.79 Å². The predicted molar refractivity (Wildman–Crippen MR) is 54.6 cm³/mol. The zero-order valence-corrected chi connectivity index (χ0v) is 8.31. The molecule has 1 heterocycles. The van der Waals surface area contributed by atoms with Gasteiger partial charge in [-0.25, -0.2) is 4.39 Å². The van der Waals surface area contributed by atoms with Crippen LogP contribution in [0, 0.1) is 5.82 Å². The lowest BCUT2D eigenvalue weighted by Gasteiger charge is -2.21. The van der Waals surface area contributed by atoms with Crippen molar-refractivity contribution < 1.29 is 9.18 Å². The number of hydrogen-bond acceptors (Lipinski definition) is 2. The van der Waals surface area contributed by atoms with Crippen LogP contribution in [0.3, 0.4) is 0 Å². The summed E-state index contributed by atoms with van der Waals surface area (Å²) in [7, 11) is 0. The average molecular weight is 211 g/mol. The van der Waals surface area contributed by atoms with Crippen LogP contribution in [0.2, 0.25) is 0 Å². The van der Waals surface area contributed by atoms with Crippen molar-refractivity contribution in [3.8, 4) is 0 Å². The van der Waals surface area contributed by atoms with E-state index in [0.717, 1.165) is 17.9 Å². The third-order valence-corrected chi connectivity index (χ3v) is 3.36. The summed E-state index contributed by atoms with van der Waals surface area (Å²) in [6, 6.07) is 6.10. The molecular formula is C10H10FNOS.